The zero-order valence-electron chi connectivity index (χ0n) is 15.9. The van der Waals surface area contributed by atoms with E-state index in [1.807, 2.05) is 38.1 Å². The number of pyridine rings is 1. The maximum Gasteiger partial charge on any atom is 0.282 e. The molecule has 0 aliphatic carbocycles. The van der Waals surface area contributed by atoms with Gasteiger partial charge in [0.25, 0.3) is 17.4 Å². The van der Waals surface area contributed by atoms with Gasteiger partial charge >= 0.3 is 0 Å². The normalized spacial score (nSPS) is 18.7. The number of hydrogen-bond acceptors (Lipinski definition) is 5. The molecule has 0 fully saturated rings. The van der Waals surface area contributed by atoms with E-state index in [-0.39, 0.29) is 12.6 Å². The Labute approximate surface area is 158 Å². The fourth-order valence-corrected chi connectivity index (χ4v) is 2.99. The van der Waals surface area contributed by atoms with Gasteiger partial charge in [-0.25, -0.2) is 4.98 Å². The molecule has 1 aromatic heterocycles. The first-order valence-electron chi connectivity index (χ1n) is 8.75. The molecule has 0 bridgehead atoms. The Balaban J connectivity index is 1.84. The van der Waals surface area contributed by atoms with Crippen LogP contribution < -0.4 is 19.7 Å². The van der Waals surface area contributed by atoms with Crippen molar-refractivity contribution in [2.45, 2.75) is 39.0 Å². The van der Waals surface area contributed by atoms with Crippen molar-refractivity contribution in [3.63, 3.8) is 0 Å². The van der Waals surface area contributed by atoms with E-state index in [9.17, 15) is 9.59 Å². The minimum atomic E-state index is -1.67. The van der Waals surface area contributed by atoms with Crippen molar-refractivity contribution < 1.29 is 19.1 Å². The van der Waals surface area contributed by atoms with E-state index in [4.69, 9.17) is 9.47 Å². The van der Waals surface area contributed by atoms with Crippen LogP contribution in [0.3, 0.4) is 0 Å². The Bertz CT molecular complexity index is 868. The van der Waals surface area contributed by atoms with Gasteiger partial charge in [0.15, 0.2) is 11.6 Å². The maximum atomic E-state index is 13.1. The third kappa shape index (κ3) is 3.45. The number of nitrogens with zero attached hydrogens (tertiary/aromatic N) is 2. The summed E-state index contributed by atoms with van der Waals surface area (Å²) in [4.78, 5) is 31.7. The second-order valence-corrected chi connectivity index (χ2v) is 6.76. The van der Waals surface area contributed by atoms with E-state index < -0.39 is 17.4 Å². The molecule has 1 atom stereocenters. The van der Waals surface area contributed by atoms with Crippen molar-refractivity contribution in [2.24, 2.45) is 0 Å². The number of nitrogens with one attached hydrogen (secondary N) is 1. The molecule has 0 radical (unpaired) electrons. The molecule has 0 spiro atoms. The Morgan fingerprint density at radius 1 is 1.33 bits per heavy atom. The van der Waals surface area contributed by atoms with Crippen LogP contribution in [0.25, 0.3) is 0 Å². The molecular formula is C20H23N3O4. The predicted octanol–water partition coefficient (Wildman–Crippen LogP) is 2.30. The van der Waals surface area contributed by atoms with Gasteiger partial charge in [-0.05, 0) is 50.6 Å². The van der Waals surface area contributed by atoms with Crippen molar-refractivity contribution >= 4 is 17.6 Å². The van der Waals surface area contributed by atoms with Crippen LogP contribution >= 0.6 is 0 Å². The van der Waals surface area contributed by atoms with E-state index in [2.05, 4.69) is 10.3 Å². The molecule has 27 heavy (non-hydrogen) atoms. The largest absolute Gasteiger partial charge is 0.497 e. The van der Waals surface area contributed by atoms with E-state index in [1.54, 1.807) is 25.4 Å². The smallest absolute Gasteiger partial charge is 0.282 e. The number of rotatable bonds is 5. The first kappa shape index (κ1) is 18.7. The van der Waals surface area contributed by atoms with Crippen molar-refractivity contribution in [1.82, 2.24) is 10.3 Å². The lowest BCUT2D eigenvalue weighted by atomic mass is 9.99. The number of fused-ring (bicyclic) bond motifs is 1. The molecule has 2 amide bonds. The second kappa shape index (κ2) is 7.26. The van der Waals surface area contributed by atoms with Crippen LogP contribution in [-0.2, 0) is 16.1 Å². The summed E-state index contributed by atoms with van der Waals surface area (Å²) in [5, 5.41) is 2.79. The third-order valence-corrected chi connectivity index (χ3v) is 4.46. The zero-order chi connectivity index (χ0) is 19.6. The summed E-state index contributed by atoms with van der Waals surface area (Å²) in [6.45, 7) is 5.48. The minimum absolute atomic E-state index is 0.166. The third-order valence-electron chi connectivity index (χ3n) is 4.46. The van der Waals surface area contributed by atoms with Crippen LogP contribution in [0.4, 0.5) is 5.82 Å². The van der Waals surface area contributed by atoms with Crippen LogP contribution in [0, 0.1) is 0 Å². The molecule has 7 heteroatoms. The van der Waals surface area contributed by atoms with Gasteiger partial charge in [-0.1, -0.05) is 12.1 Å². The van der Waals surface area contributed by atoms with E-state index in [1.165, 1.54) is 11.8 Å². The Kier molecular flexibility index (Phi) is 5.03. The van der Waals surface area contributed by atoms with Crippen molar-refractivity contribution in [2.75, 3.05) is 12.0 Å². The maximum absolute atomic E-state index is 13.1. The highest BCUT2D eigenvalue weighted by Crippen LogP contribution is 2.37. The SMILES string of the molecule is COc1cccc(CNC(=O)[C@]2(C)Oc3cccnc3N(C(C)C)C2=O)c1. The predicted molar refractivity (Wildman–Crippen MR) is 101 cm³/mol. The van der Waals surface area contributed by atoms with Crippen molar-refractivity contribution in [1.29, 1.82) is 0 Å². The number of benzene rings is 1. The van der Waals surface area contributed by atoms with E-state index >= 15 is 0 Å². The Morgan fingerprint density at radius 3 is 2.81 bits per heavy atom. The number of aromatic nitrogens is 1. The van der Waals surface area contributed by atoms with Gasteiger partial charge in [0.2, 0.25) is 0 Å². The van der Waals surface area contributed by atoms with E-state index in [0.29, 0.717) is 17.3 Å². The van der Waals surface area contributed by atoms with Gasteiger partial charge in [-0.15, -0.1) is 0 Å². The summed E-state index contributed by atoms with van der Waals surface area (Å²) in [6.07, 6.45) is 1.59. The molecule has 0 unspecified atom stereocenters. The van der Waals surface area contributed by atoms with Crippen LogP contribution in [0.1, 0.15) is 26.3 Å². The Morgan fingerprint density at radius 2 is 2.11 bits per heavy atom. The van der Waals surface area contributed by atoms with Crippen LogP contribution in [0.2, 0.25) is 0 Å². The molecule has 1 aromatic carbocycles. The number of anilines is 1. The van der Waals surface area contributed by atoms with Gasteiger partial charge in [0, 0.05) is 18.8 Å². The highest BCUT2D eigenvalue weighted by molar-refractivity contribution is 6.16. The standard InChI is InChI=1S/C20H23N3O4/c1-13(2)23-17-16(9-6-10-21-17)27-20(3,19(23)25)18(24)22-12-14-7-5-8-15(11-14)26-4/h5-11,13H,12H2,1-4H3,(H,22,24)/t20-/m0/s1. The average Bonchev–Trinajstić information content (AvgIpc) is 2.66. The number of hydrogen-bond donors (Lipinski definition) is 1. The highest BCUT2D eigenvalue weighted by atomic mass is 16.5. The van der Waals surface area contributed by atoms with Gasteiger partial charge in [-0.3, -0.25) is 14.5 Å². The Hall–Kier alpha value is -3.09. The molecule has 3 rings (SSSR count). The zero-order valence-corrected chi connectivity index (χ0v) is 15.9. The first-order valence-corrected chi connectivity index (χ1v) is 8.75. The fourth-order valence-electron chi connectivity index (χ4n) is 2.99. The van der Waals surface area contributed by atoms with Crippen LogP contribution in [0.15, 0.2) is 42.6 Å². The molecule has 1 aliphatic rings. The molecule has 1 N–H and O–H groups in total. The molecule has 2 heterocycles. The average molecular weight is 369 g/mol. The molecule has 1 aliphatic heterocycles. The summed E-state index contributed by atoms with van der Waals surface area (Å²) >= 11 is 0. The molecule has 0 saturated heterocycles. The molecular weight excluding hydrogens is 346 g/mol. The van der Waals surface area contributed by atoms with Gasteiger partial charge in [0.05, 0.1) is 7.11 Å². The number of ether oxygens (including phenoxy) is 2. The molecule has 7 nitrogen and oxygen atoms in total. The topological polar surface area (TPSA) is 80.8 Å². The van der Waals surface area contributed by atoms with Gasteiger partial charge in [-0.2, -0.15) is 0 Å². The number of carbonyl (C=O) groups is 2. The molecule has 142 valence electrons. The summed E-state index contributed by atoms with van der Waals surface area (Å²) < 4.78 is 11.0. The monoisotopic (exact) mass is 369 g/mol. The van der Waals surface area contributed by atoms with Crippen molar-refractivity contribution in [3.8, 4) is 11.5 Å². The second-order valence-electron chi connectivity index (χ2n) is 6.76. The lowest BCUT2D eigenvalue weighted by Crippen LogP contribution is -2.63. The summed E-state index contributed by atoms with van der Waals surface area (Å²) in [5.41, 5.74) is -0.809. The molecule has 2 aromatic rings. The van der Waals surface area contributed by atoms with Gasteiger partial charge < -0.3 is 14.8 Å². The minimum Gasteiger partial charge on any atom is -0.497 e. The lowest BCUT2D eigenvalue weighted by molar-refractivity contribution is -0.148. The van der Waals surface area contributed by atoms with Crippen LogP contribution in [0.5, 0.6) is 11.5 Å². The highest BCUT2D eigenvalue weighted by Gasteiger charge is 2.51. The summed E-state index contributed by atoms with van der Waals surface area (Å²) in [7, 11) is 1.58. The number of carbonyl (C=O) groups excluding carboxylic acids is 2. The molecule has 0 saturated carbocycles. The number of methoxy groups -OCH3 is 1. The van der Waals surface area contributed by atoms with Crippen LogP contribution in [-0.4, -0.2) is 35.6 Å². The summed E-state index contributed by atoms with van der Waals surface area (Å²) in [5.74, 6) is 0.589. The van der Waals surface area contributed by atoms with E-state index in [0.717, 1.165) is 5.56 Å². The van der Waals surface area contributed by atoms with Crippen molar-refractivity contribution in [3.05, 3.63) is 48.2 Å². The van der Waals surface area contributed by atoms with Gasteiger partial charge in [0.1, 0.15) is 5.75 Å². The first-order chi connectivity index (χ1) is 12.9. The lowest BCUT2D eigenvalue weighted by Gasteiger charge is -2.40. The quantitative estimate of drug-likeness (QED) is 0.818. The number of amides is 2. The fraction of sp³-hybridized carbons (Fsp3) is 0.350. The summed E-state index contributed by atoms with van der Waals surface area (Å²) in [6, 6.07) is 10.6.